The summed E-state index contributed by atoms with van der Waals surface area (Å²) in [5, 5.41) is 0. The molecule has 24 heavy (non-hydrogen) atoms. The number of carbonyl (C=O) groups excluding carboxylic acids is 1. The summed E-state index contributed by atoms with van der Waals surface area (Å²) in [6, 6.07) is 4.01. The number of hydrogen-bond donors (Lipinski definition) is 0. The van der Waals surface area contributed by atoms with E-state index in [1.54, 1.807) is 7.11 Å². The predicted molar refractivity (Wildman–Crippen MR) is 102 cm³/mol. The van der Waals surface area contributed by atoms with Crippen LogP contribution in [0.5, 0.6) is 5.75 Å². The summed E-state index contributed by atoms with van der Waals surface area (Å²) >= 11 is 0. The van der Waals surface area contributed by atoms with Crippen molar-refractivity contribution in [1.29, 1.82) is 0 Å². The van der Waals surface area contributed by atoms with Crippen molar-refractivity contribution < 1.29 is 14.0 Å². The molecule has 0 aromatic heterocycles. The molecule has 0 aliphatic heterocycles. The number of unbranched alkanes of at least 4 members (excludes halogenated alkanes) is 2. The standard InChI is InChI=1S/C20H33O3Si/c1-8-9-10-11-18(21)15-12-13-17(20(2,3)4)16(19(15)22-5)14-23-24(6)7/h12-13H,8-11,14H2,1-7H3. The molecule has 3 nitrogen and oxygen atoms in total. The highest BCUT2D eigenvalue weighted by Gasteiger charge is 2.25. The van der Waals surface area contributed by atoms with Crippen molar-refractivity contribution in [2.75, 3.05) is 7.11 Å². The van der Waals surface area contributed by atoms with Crippen molar-refractivity contribution in [3.63, 3.8) is 0 Å². The zero-order valence-electron chi connectivity index (χ0n) is 16.4. The number of hydrogen-bond acceptors (Lipinski definition) is 3. The lowest BCUT2D eigenvalue weighted by Crippen LogP contribution is -2.19. The lowest BCUT2D eigenvalue weighted by molar-refractivity contribution is 0.0976. The number of benzene rings is 1. The van der Waals surface area contributed by atoms with E-state index in [1.807, 2.05) is 6.07 Å². The van der Waals surface area contributed by atoms with Gasteiger partial charge in [0, 0.05) is 12.0 Å². The van der Waals surface area contributed by atoms with Crippen LogP contribution in [-0.2, 0) is 16.4 Å². The first-order valence-corrected chi connectivity index (χ1v) is 11.3. The van der Waals surface area contributed by atoms with Gasteiger partial charge in [-0.15, -0.1) is 0 Å². The van der Waals surface area contributed by atoms with Crippen molar-refractivity contribution >= 4 is 14.8 Å². The molecule has 0 aliphatic carbocycles. The van der Waals surface area contributed by atoms with Crippen LogP contribution in [0, 0.1) is 0 Å². The van der Waals surface area contributed by atoms with E-state index in [0.717, 1.165) is 24.8 Å². The fraction of sp³-hybridized carbons (Fsp3) is 0.650. The van der Waals surface area contributed by atoms with Gasteiger partial charge in [-0.1, -0.05) is 46.6 Å². The quantitative estimate of drug-likeness (QED) is 0.334. The first-order chi connectivity index (χ1) is 11.2. The lowest BCUT2D eigenvalue weighted by atomic mass is 9.82. The zero-order valence-corrected chi connectivity index (χ0v) is 17.4. The van der Waals surface area contributed by atoms with Gasteiger partial charge < -0.3 is 9.16 Å². The number of ketones is 1. The van der Waals surface area contributed by atoms with Crippen molar-refractivity contribution in [2.45, 2.75) is 78.5 Å². The predicted octanol–water partition coefficient (Wildman–Crippen LogP) is 5.52. The molecule has 0 amide bonds. The fourth-order valence-electron chi connectivity index (χ4n) is 2.81. The second kappa shape index (κ2) is 9.38. The average Bonchev–Trinajstić information content (AvgIpc) is 2.50. The second-order valence-corrected chi connectivity index (χ2v) is 9.60. The van der Waals surface area contributed by atoms with Crippen LogP contribution in [0.1, 0.15) is 74.9 Å². The molecular weight excluding hydrogens is 316 g/mol. The number of carbonyl (C=O) groups is 1. The van der Waals surface area contributed by atoms with Gasteiger partial charge in [0.25, 0.3) is 0 Å². The molecule has 0 unspecified atom stereocenters. The Morgan fingerprint density at radius 1 is 1.17 bits per heavy atom. The van der Waals surface area contributed by atoms with Crippen LogP contribution < -0.4 is 4.74 Å². The topological polar surface area (TPSA) is 35.5 Å². The molecule has 0 spiro atoms. The van der Waals surface area contributed by atoms with Crippen LogP contribution >= 0.6 is 0 Å². The molecule has 0 aliphatic rings. The summed E-state index contributed by atoms with van der Waals surface area (Å²) in [6.45, 7) is 13.4. The van der Waals surface area contributed by atoms with E-state index in [4.69, 9.17) is 9.16 Å². The van der Waals surface area contributed by atoms with Crippen LogP contribution in [-0.4, -0.2) is 21.9 Å². The van der Waals surface area contributed by atoms with Crippen molar-refractivity contribution in [1.82, 2.24) is 0 Å². The van der Waals surface area contributed by atoms with Crippen LogP contribution in [0.25, 0.3) is 0 Å². The van der Waals surface area contributed by atoms with Gasteiger partial charge in [-0.25, -0.2) is 0 Å². The Kier molecular flexibility index (Phi) is 8.17. The molecule has 135 valence electrons. The summed E-state index contributed by atoms with van der Waals surface area (Å²) in [6.07, 6.45) is 3.71. The Balaban J connectivity index is 3.27. The monoisotopic (exact) mass is 349 g/mol. The van der Waals surface area contributed by atoms with Crippen LogP contribution in [0.15, 0.2) is 12.1 Å². The minimum Gasteiger partial charge on any atom is -0.496 e. The van der Waals surface area contributed by atoms with Gasteiger partial charge in [-0.05, 0) is 36.6 Å². The maximum absolute atomic E-state index is 12.6. The number of ether oxygens (including phenoxy) is 1. The minimum absolute atomic E-state index is 0.0237. The molecule has 0 fully saturated rings. The molecule has 1 radical (unpaired) electrons. The third kappa shape index (κ3) is 5.74. The van der Waals surface area contributed by atoms with E-state index in [-0.39, 0.29) is 11.2 Å². The van der Waals surface area contributed by atoms with E-state index in [2.05, 4.69) is 46.9 Å². The van der Waals surface area contributed by atoms with Crippen LogP contribution in [0.2, 0.25) is 13.1 Å². The largest absolute Gasteiger partial charge is 0.496 e. The van der Waals surface area contributed by atoms with Gasteiger partial charge in [0.15, 0.2) is 5.78 Å². The van der Waals surface area contributed by atoms with E-state index >= 15 is 0 Å². The summed E-state index contributed by atoms with van der Waals surface area (Å²) in [7, 11) is 0.842. The van der Waals surface area contributed by atoms with Gasteiger partial charge in [0.2, 0.25) is 9.04 Å². The number of methoxy groups -OCH3 is 1. The Morgan fingerprint density at radius 2 is 1.83 bits per heavy atom. The summed E-state index contributed by atoms with van der Waals surface area (Å²) in [5.41, 5.74) is 2.89. The highest BCUT2D eigenvalue weighted by atomic mass is 28.3. The maximum Gasteiger partial charge on any atom is 0.205 e. The van der Waals surface area contributed by atoms with Crippen molar-refractivity contribution in [3.05, 3.63) is 28.8 Å². The Bertz CT molecular complexity index is 545. The second-order valence-electron chi connectivity index (χ2n) is 7.50. The van der Waals surface area contributed by atoms with Gasteiger partial charge in [-0.2, -0.15) is 0 Å². The molecule has 0 saturated heterocycles. The van der Waals surface area contributed by atoms with E-state index in [0.29, 0.717) is 24.3 Å². The number of Topliss-reactive ketones (excluding diaryl/α,β-unsaturated/α-hetero) is 1. The average molecular weight is 350 g/mol. The molecule has 0 saturated carbocycles. The van der Waals surface area contributed by atoms with Gasteiger partial charge in [-0.3, -0.25) is 4.79 Å². The summed E-state index contributed by atoms with van der Waals surface area (Å²) in [4.78, 5) is 12.6. The van der Waals surface area contributed by atoms with Gasteiger partial charge in [0.1, 0.15) is 5.75 Å². The molecule has 1 aromatic rings. The van der Waals surface area contributed by atoms with Crippen molar-refractivity contribution in [3.8, 4) is 5.75 Å². The third-order valence-corrected chi connectivity index (χ3v) is 4.81. The SMILES string of the molecule is CCCCCC(=O)c1ccc(C(C)(C)C)c(CO[Si](C)C)c1OC. The summed E-state index contributed by atoms with van der Waals surface area (Å²) in [5.74, 6) is 0.868. The molecule has 0 heterocycles. The Hall–Kier alpha value is -1.13. The summed E-state index contributed by atoms with van der Waals surface area (Å²) < 4.78 is 11.6. The highest BCUT2D eigenvalue weighted by Crippen LogP contribution is 2.36. The molecule has 0 N–H and O–H groups in total. The lowest BCUT2D eigenvalue weighted by Gasteiger charge is -2.26. The fourth-order valence-corrected chi connectivity index (χ4v) is 3.25. The molecule has 0 bridgehead atoms. The molecule has 1 aromatic carbocycles. The molecule has 1 rings (SSSR count). The normalized spacial score (nSPS) is 11.8. The van der Waals surface area contributed by atoms with Gasteiger partial charge >= 0.3 is 0 Å². The third-order valence-electron chi connectivity index (χ3n) is 4.09. The van der Waals surface area contributed by atoms with E-state index in [9.17, 15) is 4.79 Å². The van der Waals surface area contributed by atoms with E-state index < -0.39 is 9.04 Å². The first-order valence-electron chi connectivity index (χ1n) is 8.88. The molecule has 0 atom stereocenters. The van der Waals surface area contributed by atoms with E-state index in [1.165, 1.54) is 5.56 Å². The Morgan fingerprint density at radius 3 is 2.33 bits per heavy atom. The molecule has 4 heteroatoms. The van der Waals surface area contributed by atoms with Crippen LogP contribution in [0.4, 0.5) is 0 Å². The smallest absolute Gasteiger partial charge is 0.205 e. The Labute approximate surface area is 149 Å². The first kappa shape index (κ1) is 20.9. The zero-order chi connectivity index (χ0) is 18.3. The molecular formula is C20H33O3Si. The number of rotatable bonds is 9. The van der Waals surface area contributed by atoms with Gasteiger partial charge in [0.05, 0.1) is 19.3 Å². The highest BCUT2D eigenvalue weighted by molar-refractivity contribution is 6.48. The minimum atomic E-state index is -0.809. The van der Waals surface area contributed by atoms with Crippen LogP contribution in [0.3, 0.4) is 0 Å². The van der Waals surface area contributed by atoms with Crippen molar-refractivity contribution in [2.24, 2.45) is 0 Å². The maximum atomic E-state index is 12.6.